The zero-order chi connectivity index (χ0) is 12.7. The zero-order valence-corrected chi connectivity index (χ0v) is 9.53. The van der Waals surface area contributed by atoms with E-state index in [-0.39, 0.29) is 5.56 Å². The van der Waals surface area contributed by atoms with Crippen molar-refractivity contribution in [1.29, 1.82) is 0 Å². The van der Waals surface area contributed by atoms with Gasteiger partial charge in [-0.15, -0.1) is 0 Å². The van der Waals surface area contributed by atoms with Crippen LogP contribution in [0.1, 0.15) is 21.5 Å². The molecule has 0 unspecified atom stereocenters. The van der Waals surface area contributed by atoms with Crippen LogP contribution in [0.2, 0.25) is 0 Å². The number of amides is 1. The van der Waals surface area contributed by atoms with E-state index < -0.39 is 11.5 Å². The molecule has 1 amide bonds. The van der Waals surface area contributed by atoms with Crippen LogP contribution < -0.4 is 17.1 Å². The van der Waals surface area contributed by atoms with Gasteiger partial charge < -0.3 is 15.9 Å². The number of carbonyl (C=O) groups is 1. The first-order valence-electron chi connectivity index (χ1n) is 5.05. The molecule has 88 valence electrons. The molecule has 1 heterocycles. The topological polar surface area (TPSA) is 99.3 Å². The van der Waals surface area contributed by atoms with Gasteiger partial charge in [0, 0.05) is 17.1 Å². The van der Waals surface area contributed by atoms with Gasteiger partial charge in [-0.2, -0.15) is 0 Å². The molecule has 0 aliphatic rings. The molecule has 0 radical (unpaired) electrons. The van der Waals surface area contributed by atoms with E-state index in [1.54, 1.807) is 19.1 Å². The molecule has 0 atom stereocenters. The number of anilines is 1. The molecule has 1 aromatic heterocycles. The monoisotopic (exact) mass is 232 g/mol. The van der Waals surface area contributed by atoms with Crippen molar-refractivity contribution in [2.24, 2.45) is 5.73 Å². The summed E-state index contributed by atoms with van der Waals surface area (Å²) in [5.41, 5.74) is 12.2. The van der Waals surface area contributed by atoms with Crippen molar-refractivity contribution in [3.63, 3.8) is 0 Å². The lowest BCUT2D eigenvalue weighted by Gasteiger charge is -2.08. The molecule has 0 spiro atoms. The van der Waals surface area contributed by atoms with Crippen molar-refractivity contribution in [2.75, 3.05) is 5.73 Å². The number of aryl methyl sites for hydroxylation is 2. The van der Waals surface area contributed by atoms with E-state index in [4.69, 9.17) is 15.9 Å². The lowest BCUT2D eigenvalue weighted by atomic mass is 10.0. The maximum atomic E-state index is 11.6. The van der Waals surface area contributed by atoms with E-state index in [1.807, 2.05) is 6.92 Å². The molecule has 0 saturated heterocycles. The van der Waals surface area contributed by atoms with Crippen LogP contribution in [0.5, 0.6) is 0 Å². The summed E-state index contributed by atoms with van der Waals surface area (Å²) in [6.45, 7) is 3.50. The third kappa shape index (κ3) is 1.65. The van der Waals surface area contributed by atoms with Gasteiger partial charge in [0.15, 0.2) is 0 Å². The normalized spacial score (nSPS) is 10.7. The van der Waals surface area contributed by atoms with Crippen LogP contribution in [0.25, 0.3) is 11.0 Å². The van der Waals surface area contributed by atoms with Gasteiger partial charge in [-0.25, -0.2) is 4.79 Å². The number of carbonyl (C=O) groups excluding carboxylic acids is 1. The van der Waals surface area contributed by atoms with E-state index in [0.717, 1.165) is 5.56 Å². The highest BCUT2D eigenvalue weighted by atomic mass is 16.4. The molecule has 17 heavy (non-hydrogen) atoms. The molecule has 0 bridgehead atoms. The van der Waals surface area contributed by atoms with Crippen molar-refractivity contribution in [2.45, 2.75) is 13.8 Å². The first-order chi connectivity index (χ1) is 7.91. The minimum absolute atomic E-state index is 0.106. The van der Waals surface area contributed by atoms with Crippen LogP contribution in [-0.4, -0.2) is 5.91 Å². The molecular formula is C12H12N2O3. The van der Waals surface area contributed by atoms with Gasteiger partial charge in [-0.1, -0.05) is 0 Å². The summed E-state index contributed by atoms with van der Waals surface area (Å²) in [6.07, 6.45) is 0. The SMILES string of the molecule is Cc1cc(N)cc2oc(=O)c(C(N)=O)c(C)c12. The fourth-order valence-corrected chi connectivity index (χ4v) is 2.06. The van der Waals surface area contributed by atoms with E-state index in [2.05, 4.69) is 0 Å². The summed E-state index contributed by atoms with van der Waals surface area (Å²) in [7, 11) is 0. The van der Waals surface area contributed by atoms with Crippen molar-refractivity contribution < 1.29 is 9.21 Å². The highest BCUT2D eigenvalue weighted by molar-refractivity contribution is 5.99. The van der Waals surface area contributed by atoms with E-state index in [9.17, 15) is 9.59 Å². The second kappa shape index (κ2) is 3.62. The molecule has 0 saturated carbocycles. The predicted molar refractivity (Wildman–Crippen MR) is 64.9 cm³/mol. The number of hydrogen-bond donors (Lipinski definition) is 2. The number of hydrogen-bond acceptors (Lipinski definition) is 4. The minimum Gasteiger partial charge on any atom is -0.422 e. The van der Waals surface area contributed by atoms with Gasteiger partial charge in [0.2, 0.25) is 0 Å². The maximum Gasteiger partial charge on any atom is 0.349 e. The number of nitrogen functional groups attached to an aromatic ring is 1. The number of nitrogens with two attached hydrogens (primary N) is 2. The van der Waals surface area contributed by atoms with Gasteiger partial charge in [0.25, 0.3) is 5.91 Å². The summed E-state index contributed by atoms with van der Waals surface area (Å²) in [5.74, 6) is -0.783. The molecule has 2 rings (SSSR count). The smallest absolute Gasteiger partial charge is 0.349 e. The van der Waals surface area contributed by atoms with Gasteiger partial charge in [0.05, 0.1) is 0 Å². The summed E-state index contributed by atoms with van der Waals surface area (Å²) >= 11 is 0. The van der Waals surface area contributed by atoms with Crippen molar-refractivity contribution in [3.8, 4) is 0 Å². The second-order valence-electron chi connectivity index (χ2n) is 3.96. The number of primary amides is 1. The van der Waals surface area contributed by atoms with Crippen LogP contribution in [0.15, 0.2) is 21.3 Å². The Hall–Kier alpha value is -2.30. The lowest BCUT2D eigenvalue weighted by Crippen LogP contribution is -2.23. The summed E-state index contributed by atoms with van der Waals surface area (Å²) < 4.78 is 5.06. The minimum atomic E-state index is -0.783. The van der Waals surface area contributed by atoms with Gasteiger partial charge in [-0.05, 0) is 31.0 Å². The summed E-state index contributed by atoms with van der Waals surface area (Å²) in [6, 6.07) is 3.31. The molecule has 0 aliphatic carbocycles. The Morgan fingerprint density at radius 2 is 1.94 bits per heavy atom. The fraction of sp³-hybridized carbons (Fsp3) is 0.167. The zero-order valence-electron chi connectivity index (χ0n) is 9.53. The third-order valence-corrected chi connectivity index (χ3v) is 2.72. The fourth-order valence-electron chi connectivity index (χ4n) is 2.06. The Balaban J connectivity index is 3.03. The van der Waals surface area contributed by atoms with Crippen LogP contribution in [0.4, 0.5) is 5.69 Å². The molecular weight excluding hydrogens is 220 g/mol. The first-order valence-corrected chi connectivity index (χ1v) is 5.05. The quantitative estimate of drug-likeness (QED) is 0.567. The maximum absolute atomic E-state index is 11.6. The van der Waals surface area contributed by atoms with Crippen molar-refractivity contribution in [3.05, 3.63) is 39.2 Å². The Morgan fingerprint density at radius 3 is 2.53 bits per heavy atom. The Morgan fingerprint density at radius 1 is 1.29 bits per heavy atom. The molecule has 5 heteroatoms. The summed E-state index contributed by atoms with van der Waals surface area (Å²) in [4.78, 5) is 22.8. The first kappa shape index (κ1) is 11.2. The predicted octanol–water partition coefficient (Wildman–Crippen LogP) is 1.09. The molecule has 0 fully saturated rings. The standard InChI is InChI=1S/C12H12N2O3/c1-5-3-7(13)4-8-9(5)6(2)10(11(14)15)12(16)17-8/h3-4H,13H2,1-2H3,(H2,14,15). The van der Waals surface area contributed by atoms with Crippen LogP contribution >= 0.6 is 0 Å². The molecule has 4 N–H and O–H groups in total. The lowest BCUT2D eigenvalue weighted by molar-refractivity contribution is 0.0996. The van der Waals surface area contributed by atoms with Crippen molar-refractivity contribution in [1.82, 2.24) is 0 Å². The number of rotatable bonds is 1. The highest BCUT2D eigenvalue weighted by Gasteiger charge is 2.17. The Kier molecular flexibility index (Phi) is 2.38. The molecule has 2 aromatic rings. The van der Waals surface area contributed by atoms with Crippen molar-refractivity contribution >= 4 is 22.6 Å². The molecule has 5 nitrogen and oxygen atoms in total. The largest absolute Gasteiger partial charge is 0.422 e. The third-order valence-electron chi connectivity index (χ3n) is 2.72. The second-order valence-corrected chi connectivity index (χ2v) is 3.96. The van der Waals surface area contributed by atoms with E-state index in [1.165, 1.54) is 0 Å². The van der Waals surface area contributed by atoms with Gasteiger partial charge in [0.1, 0.15) is 11.1 Å². The van der Waals surface area contributed by atoms with E-state index in [0.29, 0.717) is 22.2 Å². The van der Waals surface area contributed by atoms with Gasteiger partial charge in [-0.3, -0.25) is 4.79 Å². The Bertz CT molecular complexity index is 686. The number of fused-ring (bicyclic) bond motifs is 1. The highest BCUT2D eigenvalue weighted by Crippen LogP contribution is 2.25. The van der Waals surface area contributed by atoms with Gasteiger partial charge >= 0.3 is 5.63 Å². The number of benzene rings is 1. The van der Waals surface area contributed by atoms with Crippen LogP contribution in [0.3, 0.4) is 0 Å². The van der Waals surface area contributed by atoms with Crippen LogP contribution in [0, 0.1) is 13.8 Å². The average molecular weight is 232 g/mol. The Labute approximate surface area is 97.0 Å². The summed E-state index contributed by atoms with van der Waals surface area (Å²) in [5, 5.41) is 0.701. The van der Waals surface area contributed by atoms with Crippen LogP contribution in [-0.2, 0) is 0 Å². The molecule has 1 aromatic carbocycles. The molecule has 0 aliphatic heterocycles. The van der Waals surface area contributed by atoms with E-state index >= 15 is 0 Å². The average Bonchev–Trinajstić information content (AvgIpc) is 2.13.